The Morgan fingerprint density at radius 1 is 1.39 bits per heavy atom. The van der Waals surface area contributed by atoms with Crippen LogP contribution in [-0.4, -0.2) is 28.6 Å². The van der Waals surface area contributed by atoms with Crippen LogP contribution in [0, 0.1) is 0 Å². The number of para-hydroxylation sites is 1. The van der Waals surface area contributed by atoms with E-state index in [1.54, 1.807) is 26.0 Å². The van der Waals surface area contributed by atoms with E-state index in [0.29, 0.717) is 11.5 Å². The van der Waals surface area contributed by atoms with Crippen molar-refractivity contribution in [2.75, 3.05) is 0 Å². The summed E-state index contributed by atoms with van der Waals surface area (Å²) >= 11 is 0. The highest BCUT2D eigenvalue weighted by molar-refractivity contribution is 6.10. The summed E-state index contributed by atoms with van der Waals surface area (Å²) in [6, 6.07) is 9.00. The Morgan fingerprint density at radius 3 is 2.61 bits per heavy atom. The zero-order valence-corrected chi connectivity index (χ0v) is 10.3. The molecule has 0 N–H and O–H groups in total. The van der Waals surface area contributed by atoms with Gasteiger partial charge in [-0.2, -0.15) is 10.1 Å². The summed E-state index contributed by atoms with van der Waals surface area (Å²) in [5, 5.41) is 4.79. The number of carbonyl (C=O) groups excluding carboxylic acids is 2. The molecule has 1 unspecified atom stereocenters. The lowest BCUT2D eigenvalue weighted by molar-refractivity contribution is -0.147. The highest BCUT2D eigenvalue weighted by atomic mass is 16.5. The first-order chi connectivity index (χ1) is 8.58. The number of carbonyl (C=O) groups is 2. The first kappa shape index (κ1) is 12.3. The van der Waals surface area contributed by atoms with Crippen molar-refractivity contribution in [3.63, 3.8) is 0 Å². The largest absolute Gasteiger partial charge is 0.481 e. The predicted octanol–water partition coefficient (Wildman–Crippen LogP) is 1.59. The lowest BCUT2D eigenvalue weighted by atomic mass is 10.3. The van der Waals surface area contributed by atoms with E-state index in [1.807, 2.05) is 18.2 Å². The maximum atomic E-state index is 12.0. The van der Waals surface area contributed by atoms with Gasteiger partial charge in [-0.25, -0.2) is 0 Å². The van der Waals surface area contributed by atoms with Gasteiger partial charge in [-0.05, 0) is 26.0 Å². The lowest BCUT2D eigenvalue weighted by Gasteiger charge is -2.17. The summed E-state index contributed by atoms with van der Waals surface area (Å²) in [4.78, 5) is 23.5. The number of hydrazone groups is 1. The molecule has 1 aromatic rings. The third-order valence-corrected chi connectivity index (χ3v) is 2.53. The van der Waals surface area contributed by atoms with Gasteiger partial charge in [0.2, 0.25) is 0 Å². The number of benzene rings is 1. The van der Waals surface area contributed by atoms with Gasteiger partial charge in [0, 0.05) is 5.71 Å². The smallest absolute Gasteiger partial charge is 0.290 e. The number of hydrogen-bond donors (Lipinski definition) is 0. The average Bonchev–Trinajstić information content (AvgIpc) is 2.68. The fourth-order valence-electron chi connectivity index (χ4n) is 1.65. The second kappa shape index (κ2) is 5.00. The van der Waals surface area contributed by atoms with Gasteiger partial charge in [0.25, 0.3) is 11.8 Å². The van der Waals surface area contributed by atoms with Crippen LogP contribution >= 0.6 is 0 Å². The molecule has 0 saturated heterocycles. The van der Waals surface area contributed by atoms with E-state index in [4.69, 9.17) is 4.74 Å². The average molecular weight is 246 g/mol. The Labute approximate surface area is 105 Å². The van der Waals surface area contributed by atoms with Gasteiger partial charge >= 0.3 is 0 Å². The minimum Gasteiger partial charge on any atom is -0.481 e. The SMILES string of the molecule is CC1=NN(C(=O)C(C)Oc2ccccc2)C(=O)C1. The van der Waals surface area contributed by atoms with Gasteiger partial charge in [0.15, 0.2) is 6.10 Å². The predicted molar refractivity (Wildman–Crippen MR) is 66.1 cm³/mol. The number of ether oxygens (including phenoxy) is 1. The molecule has 0 aliphatic carbocycles. The monoisotopic (exact) mass is 246 g/mol. The summed E-state index contributed by atoms with van der Waals surface area (Å²) in [5.74, 6) is -0.160. The summed E-state index contributed by atoms with van der Waals surface area (Å²) < 4.78 is 5.46. The Kier molecular flexibility index (Phi) is 3.41. The molecule has 1 atom stereocenters. The molecule has 1 aliphatic rings. The fourth-order valence-corrected chi connectivity index (χ4v) is 1.65. The van der Waals surface area contributed by atoms with E-state index in [0.717, 1.165) is 5.01 Å². The molecule has 0 spiro atoms. The molecule has 5 heteroatoms. The van der Waals surface area contributed by atoms with Gasteiger partial charge in [0.1, 0.15) is 5.75 Å². The van der Waals surface area contributed by atoms with E-state index in [2.05, 4.69) is 5.10 Å². The second-order valence-corrected chi connectivity index (χ2v) is 4.13. The molecule has 1 heterocycles. The van der Waals surface area contributed by atoms with Crippen molar-refractivity contribution in [2.45, 2.75) is 26.4 Å². The highest BCUT2D eigenvalue weighted by Gasteiger charge is 2.31. The second-order valence-electron chi connectivity index (χ2n) is 4.13. The number of amides is 2. The molecule has 2 amide bonds. The van der Waals surface area contributed by atoms with E-state index >= 15 is 0 Å². The summed E-state index contributed by atoms with van der Waals surface area (Å²) in [7, 11) is 0. The van der Waals surface area contributed by atoms with Crippen molar-refractivity contribution >= 4 is 17.5 Å². The molecule has 2 rings (SSSR count). The van der Waals surface area contributed by atoms with Crippen LogP contribution in [0.15, 0.2) is 35.4 Å². The fraction of sp³-hybridized carbons (Fsp3) is 0.308. The van der Waals surface area contributed by atoms with E-state index in [1.165, 1.54) is 0 Å². The molecule has 0 bridgehead atoms. The Balaban J connectivity index is 2.04. The maximum Gasteiger partial charge on any atom is 0.290 e. The molecule has 1 aliphatic heterocycles. The van der Waals surface area contributed by atoms with Gasteiger partial charge in [-0.3, -0.25) is 9.59 Å². The topological polar surface area (TPSA) is 59.0 Å². The van der Waals surface area contributed by atoms with E-state index in [-0.39, 0.29) is 12.3 Å². The van der Waals surface area contributed by atoms with Crippen LogP contribution in [0.4, 0.5) is 0 Å². The Bertz CT molecular complexity index is 496. The third kappa shape index (κ3) is 2.56. The third-order valence-electron chi connectivity index (χ3n) is 2.53. The minimum absolute atomic E-state index is 0.198. The highest BCUT2D eigenvalue weighted by Crippen LogP contribution is 2.15. The molecular formula is C13H14N2O3. The maximum absolute atomic E-state index is 12.0. The standard InChI is InChI=1S/C13H14N2O3/c1-9-8-12(16)15(14-9)13(17)10(2)18-11-6-4-3-5-7-11/h3-7,10H,8H2,1-2H3. The summed E-state index contributed by atoms with van der Waals surface area (Å²) in [5.41, 5.74) is 0.639. The van der Waals surface area contributed by atoms with Crippen LogP contribution in [0.1, 0.15) is 20.3 Å². The van der Waals surface area contributed by atoms with Gasteiger partial charge in [-0.15, -0.1) is 0 Å². The van der Waals surface area contributed by atoms with Crippen LogP contribution in [0.25, 0.3) is 0 Å². The number of imide groups is 1. The Morgan fingerprint density at radius 2 is 2.06 bits per heavy atom. The summed E-state index contributed by atoms with van der Waals surface area (Å²) in [6.07, 6.45) is -0.546. The molecule has 94 valence electrons. The van der Waals surface area contributed by atoms with Crippen molar-refractivity contribution in [3.05, 3.63) is 30.3 Å². The molecule has 18 heavy (non-hydrogen) atoms. The number of nitrogens with zero attached hydrogens (tertiary/aromatic N) is 2. The molecule has 0 saturated carbocycles. The van der Waals surface area contributed by atoms with Gasteiger partial charge < -0.3 is 4.74 Å². The minimum atomic E-state index is -0.744. The normalized spacial score (nSPS) is 16.4. The van der Waals surface area contributed by atoms with E-state index < -0.39 is 12.0 Å². The van der Waals surface area contributed by atoms with Crippen molar-refractivity contribution in [3.8, 4) is 5.75 Å². The van der Waals surface area contributed by atoms with Crippen molar-refractivity contribution < 1.29 is 14.3 Å². The van der Waals surface area contributed by atoms with E-state index in [9.17, 15) is 9.59 Å². The molecular weight excluding hydrogens is 232 g/mol. The molecule has 0 fully saturated rings. The first-order valence-electron chi connectivity index (χ1n) is 5.70. The van der Waals surface area contributed by atoms with Crippen LogP contribution < -0.4 is 4.74 Å². The first-order valence-corrected chi connectivity index (χ1v) is 5.70. The molecule has 5 nitrogen and oxygen atoms in total. The van der Waals surface area contributed by atoms with Crippen molar-refractivity contribution in [2.24, 2.45) is 5.10 Å². The lowest BCUT2D eigenvalue weighted by Crippen LogP contribution is -2.38. The number of hydrogen-bond acceptors (Lipinski definition) is 4. The summed E-state index contributed by atoms with van der Waals surface area (Å²) in [6.45, 7) is 3.32. The molecule has 0 aromatic heterocycles. The quantitative estimate of drug-likeness (QED) is 0.813. The van der Waals surface area contributed by atoms with Gasteiger partial charge in [0.05, 0.1) is 6.42 Å². The zero-order valence-electron chi connectivity index (χ0n) is 10.3. The van der Waals surface area contributed by atoms with Crippen LogP contribution in [0.3, 0.4) is 0 Å². The van der Waals surface area contributed by atoms with Crippen molar-refractivity contribution in [1.82, 2.24) is 5.01 Å². The van der Waals surface area contributed by atoms with Crippen LogP contribution in [0.5, 0.6) is 5.75 Å². The number of rotatable bonds is 3. The van der Waals surface area contributed by atoms with Crippen LogP contribution in [-0.2, 0) is 9.59 Å². The van der Waals surface area contributed by atoms with Crippen LogP contribution in [0.2, 0.25) is 0 Å². The molecule has 0 radical (unpaired) electrons. The Hall–Kier alpha value is -2.17. The van der Waals surface area contributed by atoms with Crippen molar-refractivity contribution in [1.29, 1.82) is 0 Å². The molecule has 1 aromatic carbocycles. The van der Waals surface area contributed by atoms with Gasteiger partial charge in [-0.1, -0.05) is 18.2 Å². The zero-order chi connectivity index (χ0) is 13.1.